The van der Waals surface area contributed by atoms with E-state index in [9.17, 15) is 4.79 Å². The number of benzene rings is 2. The number of halogens is 2. The Bertz CT molecular complexity index is 651. The highest BCUT2D eigenvalue weighted by molar-refractivity contribution is 6.35. The molecule has 0 atom stereocenters. The molecule has 0 heterocycles. The number of aryl methyl sites for hydroxylation is 2. The van der Waals surface area contributed by atoms with Gasteiger partial charge in [0.25, 0.3) is 0 Å². The highest BCUT2D eigenvalue weighted by Gasteiger charge is 2.09. The Balaban J connectivity index is 2.06. The Kier molecular flexibility index (Phi) is 4.69. The van der Waals surface area contributed by atoms with Crippen molar-refractivity contribution in [2.45, 2.75) is 13.8 Å². The molecule has 0 radical (unpaired) electrons. The van der Waals surface area contributed by atoms with Gasteiger partial charge in [-0.25, -0.2) is 0 Å². The molecule has 0 fully saturated rings. The highest BCUT2D eigenvalue weighted by atomic mass is 35.5. The summed E-state index contributed by atoms with van der Waals surface area (Å²) in [6.45, 7) is 3.93. The number of carbonyl (C=O) groups is 1. The van der Waals surface area contributed by atoms with Crippen molar-refractivity contribution in [3.63, 3.8) is 0 Å². The largest absolute Gasteiger partial charge is 0.484 e. The molecule has 2 nitrogen and oxygen atoms in total. The van der Waals surface area contributed by atoms with E-state index in [2.05, 4.69) is 0 Å². The lowest BCUT2D eigenvalue weighted by Gasteiger charge is -2.08. The molecular formula is C16H14Cl2O2. The second kappa shape index (κ2) is 6.29. The summed E-state index contributed by atoms with van der Waals surface area (Å²) in [4.78, 5) is 12.1. The van der Waals surface area contributed by atoms with Crippen LogP contribution in [0.1, 0.15) is 21.5 Å². The third kappa shape index (κ3) is 3.53. The number of rotatable bonds is 4. The van der Waals surface area contributed by atoms with Crippen molar-refractivity contribution < 1.29 is 9.53 Å². The van der Waals surface area contributed by atoms with Gasteiger partial charge in [-0.1, -0.05) is 35.3 Å². The smallest absolute Gasteiger partial charge is 0.200 e. The van der Waals surface area contributed by atoms with Crippen LogP contribution >= 0.6 is 23.2 Å². The molecule has 2 aromatic carbocycles. The van der Waals surface area contributed by atoms with Gasteiger partial charge < -0.3 is 4.74 Å². The Morgan fingerprint density at radius 1 is 1.05 bits per heavy atom. The standard InChI is InChI=1S/C16H14Cl2O2/c1-10-3-4-12(7-11(10)2)15(19)9-20-16-6-5-13(17)8-14(16)18/h3-8H,9H2,1-2H3. The Morgan fingerprint density at radius 2 is 1.80 bits per heavy atom. The second-order valence-corrected chi connectivity index (χ2v) is 5.43. The minimum absolute atomic E-state index is 0.0517. The highest BCUT2D eigenvalue weighted by Crippen LogP contribution is 2.27. The predicted molar refractivity (Wildman–Crippen MR) is 82.2 cm³/mol. The van der Waals surface area contributed by atoms with E-state index in [1.165, 1.54) is 0 Å². The van der Waals surface area contributed by atoms with Crippen LogP contribution in [-0.2, 0) is 0 Å². The fourth-order valence-corrected chi connectivity index (χ4v) is 2.20. The van der Waals surface area contributed by atoms with Gasteiger partial charge in [-0.15, -0.1) is 0 Å². The van der Waals surface area contributed by atoms with E-state index in [-0.39, 0.29) is 12.4 Å². The first-order valence-corrected chi connectivity index (χ1v) is 6.91. The Morgan fingerprint density at radius 3 is 2.45 bits per heavy atom. The number of Topliss-reactive ketones (excluding diaryl/α,β-unsaturated/α-hetero) is 1. The molecule has 0 aliphatic rings. The quantitative estimate of drug-likeness (QED) is 0.753. The molecule has 0 N–H and O–H groups in total. The summed E-state index contributed by atoms with van der Waals surface area (Å²) < 4.78 is 5.44. The SMILES string of the molecule is Cc1ccc(C(=O)COc2ccc(Cl)cc2Cl)cc1C. The van der Waals surface area contributed by atoms with Crippen LogP contribution in [0.15, 0.2) is 36.4 Å². The molecule has 0 aromatic heterocycles. The number of ketones is 1. The third-order valence-corrected chi connectivity index (χ3v) is 3.61. The van der Waals surface area contributed by atoms with Crippen LogP contribution in [0.25, 0.3) is 0 Å². The van der Waals surface area contributed by atoms with Crippen molar-refractivity contribution in [1.82, 2.24) is 0 Å². The molecule has 4 heteroatoms. The van der Waals surface area contributed by atoms with E-state index in [0.29, 0.717) is 21.4 Å². The summed E-state index contributed by atoms with van der Waals surface area (Å²) in [6, 6.07) is 10.5. The fraction of sp³-hybridized carbons (Fsp3) is 0.188. The van der Waals surface area contributed by atoms with Gasteiger partial charge in [-0.2, -0.15) is 0 Å². The maximum absolute atomic E-state index is 12.1. The third-order valence-electron chi connectivity index (χ3n) is 3.08. The first-order valence-electron chi connectivity index (χ1n) is 6.15. The summed E-state index contributed by atoms with van der Waals surface area (Å²) in [6.07, 6.45) is 0. The van der Waals surface area contributed by atoms with E-state index < -0.39 is 0 Å². The summed E-state index contributed by atoms with van der Waals surface area (Å²) in [5.74, 6) is 0.368. The van der Waals surface area contributed by atoms with Crippen LogP contribution in [-0.4, -0.2) is 12.4 Å². The average Bonchev–Trinajstić information content (AvgIpc) is 2.40. The number of hydrogen-bond donors (Lipinski definition) is 0. The lowest BCUT2D eigenvalue weighted by atomic mass is 10.0. The van der Waals surface area contributed by atoms with Crippen LogP contribution in [0.5, 0.6) is 5.75 Å². The average molecular weight is 309 g/mol. The molecule has 0 spiro atoms. The lowest BCUT2D eigenvalue weighted by Crippen LogP contribution is -2.12. The van der Waals surface area contributed by atoms with Gasteiger partial charge in [-0.3, -0.25) is 4.79 Å². The molecule has 2 aromatic rings. The maximum atomic E-state index is 12.1. The molecule has 0 aliphatic heterocycles. The van der Waals surface area contributed by atoms with Crippen LogP contribution in [0.3, 0.4) is 0 Å². The van der Waals surface area contributed by atoms with Gasteiger partial charge in [0.15, 0.2) is 12.4 Å². The monoisotopic (exact) mass is 308 g/mol. The van der Waals surface area contributed by atoms with Crippen LogP contribution in [0.2, 0.25) is 10.0 Å². The normalized spacial score (nSPS) is 10.4. The van der Waals surface area contributed by atoms with Crippen LogP contribution in [0, 0.1) is 13.8 Å². The van der Waals surface area contributed by atoms with Crippen LogP contribution < -0.4 is 4.74 Å². The molecular weight excluding hydrogens is 295 g/mol. The van der Waals surface area contributed by atoms with E-state index in [1.54, 1.807) is 24.3 Å². The molecule has 0 bridgehead atoms. The first-order chi connectivity index (χ1) is 9.47. The van der Waals surface area contributed by atoms with Crippen molar-refractivity contribution in [2.24, 2.45) is 0 Å². The van der Waals surface area contributed by atoms with Crippen LogP contribution in [0.4, 0.5) is 0 Å². The van der Waals surface area contributed by atoms with Gasteiger partial charge in [-0.05, 0) is 49.2 Å². The topological polar surface area (TPSA) is 26.3 Å². The Labute approximate surface area is 128 Å². The molecule has 20 heavy (non-hydrogen) atoms. The van der Waals surface area contributed by atoms with E-state index >= 15 is 0 Å². The van der Waals surface area contributed by atoms with Gasteiger partial charge >= 0.3 is 0 Å². The minimum atomic E-state index is -0.0842. The van der Waals surface area contributed by atoms with Crippen molar-refractivity contribution in [1.29, 1.82) is 0 Å². The first kappa shape index (κ1) is 14.9. The predicted octanol–water partition coefficient (Wildman–Crippen LogP) is 4.87. The molecule has 0 aliphatic carbocycles. The van der Waals surface area contributed by atoms with Gasteiger partial charge in [0.05, 0.1) is 5.02 Å². The maximum Gasteiger partial charge on any atom is 0.200 e. The number of hydrogen-bond acceptors (Lipinski definition) is 2. The molecule has 0 saturated carbocycles. The van der Waals surface area contributed by atoms with E-state index in [1.807, 2.05) is 26.0 Å². The van der Waals surface area contributed by atoms with Crippen molar-refractivity contribution >= 4 is 29.0 Å². The van der Waals surface area contributed by atoms with Crippen molar-refractivity contribution in [3.05, 3.63) is 63.1 Å². The number of carbonyl (C=O) groups excluding carboxylic acids is 1. The minimum Gasteiger partial charge on any atom is -0.484 e. The molecule has 0 amide bonds. The summed E-state index contributed by atoms with van der Waals surface area (Å²) in [7, 11) is 0. The second-order valence-electron chi connectivity index (χ2n) is 4.59. The van der Waals surface area contributed by atoms with Crippen molar-refractivity contribution in [3.8, 4) is 5.75 Å². The van der Waals surface area contributed by atoms with Gasteiger partial charge in [0, 0.05) is 10.6 Å². The zero-order chi connectivity index (χ0) is 14.7. The molecule has 2 rings (SSSR count). The van der Waals surface area contributed by atoms with Gasteiger partial charge in [0.2, 0.25) is 0 Å². The number of ether oxygens (including phenoxy) is 1. The van der Waals surface area contributed by atoms with E-state index in [0.717, 1.165) is 11.1 Å². The summed E-state index contributed by atoms with van der Waals surface area (Å²) in [5, 5.41) is 0.924. The van der Waals surface area contributed by atoms with E-state index in [4.69, 9.17) is 27.9 Å². The zero-order valence-electron chi connectivity index (χ0n) is 11.2. The summed E-state index contributed by atoms with van der Waals surface area (Å²) >= 11 is 11.8. The summed E-state index contributed by atoms with van der Waals surface area (Å²) in [5.41, 5.74) is 2.88. The molecule has 104 valence electrons. The zero-order valence-corrected chi connectivity index (χ0v) is 12.8. The molecule has 0 unspecified atom stereocenters. The fourth-order valence-electron chi connectivity index (χ4n) is 1.73. The van der Waals surface area contributed by atoms with Crippen molar-refractivity contribution in [2.75, 3.05) is 6.61 Å². The van der Waals surface area contributed by atoms with Gasteiger partial charge in [0.1, 0.15) is 5.75 Å². The Hall–Kier alpha value is -1.51. The molecule has 0 saturated heterocycles. The lowest BCUT2D eigenvalue weighted by molar-refractivity contribution is 0.0921.